The average molecular weight is 264 g/mol. The summed E-state index contributed by atoms with van der Waals surface area (Å²) in [5.74, 6) is -0.288. The molecule has 104 valence electrons. The summed E-state index contributed by atoms with van der Waals surface area (Å²) in [4.78, 5) is 11.7. The molecule has 0 saturated heterocycles. The molecule has 0 atom stereocenters. The molecular weight excluding hydrogens is 244 g/mol. The number of hydrogen-bond acceptors (Lipinski definition) is 4. The first kappa shape index (κ1) is 14.0. The van der Waals surface area contributed by atoms with Crippen LogP contribution in [0.2, 0.25) is 0 Å². The lowest BCUT2D eigenvalue weighted by molar-refractivity contribution is -0.163. The minimum atomic E-state index is -0.251. The second kappa shape index (κ2) is 7.26. The van der Waals surface area contributed by atoms with Crippen molar-refractivity contribution in [3.8, 4) is 0 Å². The van der Waals surface area contributed by atoms with Gasteiger partial charge in [-0.05, 0) is 31.2 Å². The Morgan fingerprint density at radius 2 is 1.84 bits per heavy atom. The number of carbonyl (C=O) groups is 1. The molecule has 1 fully saturated rings. The van der Waals surface area contributed by atoms with Gasteiger partial charge in [0.05, 0.1) is 18.6 Å². The Morgan fingerprint density at radius 3 is 2.53 bits per heavy atom. The summed E-state index contributed by atoms with van der Waals surface area (Å²) in [5.41, 5.74) is 1.05. The van der Waals surface area contributed by atoms with Gasteiger partial charge in [-0.15, -0.1) is 0 Å². The van der Waals surface area contributed by atoms with Crippen molar-refractivity contribution in [2.45, 2.75) is 38.4 Å². The number of rotatable bonds is 5. The van der Waals surface area contributed by atoms with E-state index in [0.717, 1.165) is 5.56 Å². The number of benzene rings is 1. The highest BCUT2D eigenvalue weighted by Crippen LogP contribution is 2.25. The maximum atomic E-state index is 11.7. The molecule has 2 rings (SSSR count). The molecule has 0 bridgehead atoms. The Hall–Kier alpha value is -1.39. The van der Waals surface area contributed by atoms with Crippen LogP contribution in [0.1, 0.15) is 31.2 Å². The minimum Gasteiger partial charge on any atom is -0.438 e. The molecule has 0 aliphatic heterocycles. The first-order valence-electron chi connectivity index (χ1n) is 6.72. The fourth-order valence-corrected chi connectivity index (χ4v) is 2.26. The Balaban J connectivity index is 1.61. The van der Waals surface area contributed by atoms with Crippen LogP contribution < -0.4 is 0 Å². The van der Waals surface area contributed by atoms with E-state index in [9.17, 15) is 9.90 Å². The van der Waals surface area contributed by atoms with Crippen LogP contribution in [-0.4, -0.2) is 24.0 Å². The fourth-order valence-electron chi connectivity index (χ4n) is 2.26. The Morgan fingerprint density at radius 1 is 1.16 bits per heavy atom. The van der Waals surface area contributed by atoms with Gasteiger partial charge in [0, 0.05) is 0 Å². The van der Waals surface area contributed by atoms with E-state index in [1.807, 2.05) is 30.3 Å². The highest BCUT2D eigenvalue weighted by Gasteiger charge is 2.26. The molecule has 0 radical (unpaired) electrons. The molecule has 1 aliphatic rings. The van der Waals surface area contributed by atoms with Crippen LogP contribution >= 0.6 is 0 Å². The molecule has 1 aromatic carbocycles. The standard InChI is InChI=1S/C15H20O4/c16-14-8-6-13(7-9-14)15(17)19-11-18-10-12-4-2-1-3-5-12/h1-5,13-14,16H,6-11H2. The molecule has 0 aromatic heterocycles. The largest absolute Gasteiger partial charge is 0.438 e. The normalized spacial score (nSPS) is 23.0. The number of ether oxygens (including phenoxy) is 2. The van der Waals surface area contributed by atoms with Crippen molar-refractivity contribution in [1.82, 2.24) is 0 Å². The summed E-state index contributed by atoms with van der Waals surface area (Å²) in [6.45, 7) is 0.435. The van der Waals surface area contributed by atoms with Crippen molar-refractivity contribution >= 4 is 5.97 Å². The van der Waals surface area contributed by atoms with E-state index in [4.69, 9.17) is 9.47 Å². The van der Waals surface area contributed by atoms with Crippen LogP contribution in [0.3, 0.4) is 0 Å². The molecule has 0 heterocycles. The summed E-state index contributed by atoms with van der Waals surface area (Å²) in [7, 11) is 0. The van der Waals surface area contributed by atoms with Gasteiger partial charge >= 0.3 is 5.97 Å². The van der Waals surface area contributed by atoms with Gasteiger partial charge in [-0.25, -0.2) is 0 Å². The monoisotopic (exact) mass is 264 g/mol. The maximum Gasteiger partial charge on any atom is 0.311 e. The minimum absolute atomic E-state index is 0.00716. The number of aliphatic hydroxyl groups excluding tert-OH is 1. The number of aliphatic hydroxyl groups is 1. The Bertz CT molecular complexity index is 382. The van der Waals surface area contributed by atoms with Crippen LogP contribution in [0.4, 0.5) is 0 Å². The first-order chi connectivity index (χ1) is 9.25. The van der Waals surface area contributed by atoms with Crippen molar-refractivity contribution in [2.75, 3.05) is 6.79 Å². The van der Waals surface area contributed by atoms with Crippen LogP contribution in [0.15, 0.2) is 30.3 Å². The quantitative estimate of drug-likeness (QED) is 0.503. The van der Waals surface area contributed by atoms with Gasteiger partial charge in [0.2, 0.25) is 0 Å². The van der Waals surface area contributed by atoms with Crippen molar-refractivity contribution in [3.05, 3.63) is 35.9 Å². The molecular formula is C15H20O4. The molecule has 0 unspecified atom stereocenters. The highest BCUT2D eigenvalue weighted by atomic mass is 16.7. The van der Waals surface area contributed by atoms with Crippen molar-refractivity contribution in [1.29, 1.82) is 0 Å². The zero-order valence-corrected chi connectivity index (χ0v) is 11.0. The molecule has 1 saturated carbocycles. The van der Waals surface area contributed by atoms with E-state index in [1.54, 1.807) is 0 Å². The van der Waals surface area contributed by atoms with Crippen LogP contribution in [0.5, 0.6) is 0 Å². The van der Waals surface area contributed by atoms with Gasteiger partial charge in [0.1, 0.15) is 0 Å². The third-order valence-corrected chi connectivity index (χ3v) is 3.43. The first-order valence-corrected chi connectivity index (χ1v) is 6.72. The van der Waals surface area contributed by atoms with E-state index in [-0.39, 0.29) is 24.8 Å². The average Bonchev–Trinajstić information content (AvgIpc) is 2.45. The molecule has 1 aromatic rings. The summed E-state index contributed by atoms with van der Waals surface area (Å²) in [6.07, 6.45) is 2.53. The molecule has 4 nitrogen and oxygen atoms in total. The van der Waals surface area contributed by atoms with E-state index >= 15 is 0 Å². The van der Waals surface area contributed by atoms with Crippen LogP contribution in [0.25, 0.3) is 0 Å². The molecule has 1 N–H and O–H groups in total. The maximum absolute atomic E-state index is 11.7. The van der Waals surface area contributed by atoms with Gasteiger partial charge in [-0.1, -0.05) is 30.3 Å². The Kier molecular flexibility index (Phi) is 5.36. The second-order valence-electron chi connectivity index (χ2n) is 4.92. The molecule has 1 aliphatic carbocycles. The summed E-state index contributed by atoms with van der Waals surface area (Å²) >= 11 is 0. The van der Waals surface area contributed by atoms with Gasteiger partial charge in [0.15, 0.2) is 6.79 Å². The van der Waals surface area contributed by atoms with Gasteiger partial charge in [0.25, 0.3) is 0 Å². The third kappa shape index (κ3) is 4.65. The SMILES string of the molecule is O=C(OCOCc1ccccc1)C1CCC(O)CC1. The smallest absolute Gasteiger partial charge is 0.311 e. The predicted octanol–water partition coefficient (Wildman–Crippen LogP) is 2.25. The molecule has 0 amide bonds. The topological polar surface area (TPSA) is 55.8 Å². The lowest BCUT2D eigenvalue weighted by Gasteiger charge is -2.23. The molecule has 0 spiro atoms. The van der Waals surface area contributed by atoms with Crippen molar-refractivity contribution < 1.29 is 19.4 Å². The van der Waals surface area contributed by atoms with E-state index in [0.29, 0.717) is 32.3 Å². The zero-order valence-electron chi connectivity index (χ0n) is 11.0. The van der Waals surface area contributed by atoms with E-state index < -0.39 is 0 Å². The van der Waals surface area contributed by atoms with Gasteiger partial charge in [-0.3, -0.25) is 4.79 Å². The van der Waals surface area contributed by atoms with E-state index in [2.05, 4.69) is 0 Å². The lowest BCUT2D eigenvalue weighted by atomic mass is 9.88. The summed E-state index contributed by atoms with van der Waals surface area (Å²) < 4.78 is 10.4. The number of esters is 1. The molecule has 4 heteroatoms. The van der Waals surface area contributed by atoms with E-state index in [1.165, 1.54) is 0 Å². The van der Waals surface area contributed by atoms with Crippen molar-refractivity contribution in [3.63, 3.8) is 0 Å². The summed E-state index contributed by atoms with van der Waals surface area (Å²) in [6, 6.07) is 9.76. The zero-order chi connectivity index (χ0) is 13.5. The second-order valence-corrected chi connectivity index (χ2v) is 4.92. The highest BCUT2D eigenvalue weighted by molar-refractivity contribution is 5.72. The Labute approximate surface area is 113 Å². The molecule has 19 heavy (non-hydrogen) atoms. The van der Waals surface area contributed by atoms with Crippen molar-refractivity contribution in [2.24, 2.45) is 5.92 Å². The van der Waals surface area contributed by atoms with Crippen LogP contribution in [-0.2, 0) is 20.9 Å². The number of carbonyl (C=O) groups excluding carboxylic acids is 1. The van der Waals surface area contributed by atoms with Gasteiger partial charge in [-0.2, -0.15) is 0 Å². The lowest BCUT2D eigenvalue weighted by Crippen LogP contribution is -2.26. The fraction of sp³-hybridized carbons (Fsp3) is 0.533. The predicted molar refractivity (Wildman–Crippen MR) is 70.2 cm³/mol. The third-order valence-electron chi connectivity index (χ3n) is 3.43. The summed E-state index contributed by atoms with van der Waals surface area (Å²) in [5, 5.41) is 9.37. The van der Waals surface area contributed by atoms with Crippen LogP contribution in [0, 0.1) is 5.92 Å². The number of hydrogen-bond donors (Lipinski definition) is 1. The van der Waals surface area contributed by atoms with Gasteiger partial charge < -0.3 is 14.6 Å².